The lowest BCUT2D eigenvalue weighted by molar-refractivity contribution is -0.121. The van der Waals surface area contributed by atoms with Crippen molar-refractivity contribution in [1.29, 1.82) is 0 Å². The number of aryl methyl sites for hydroxylation is 1. The monoisotopic (exact) mass is 355 g/mol. The summed E-state index contributed by atoms with van der Waals surface area (Å²) >= 11 is 6.36. The Morgan fingerprint density at radius 3 is 2.56 bits per heavy atom. The summed E-state index contributed by atoms with van der Waals surface area (Å²) in [6.45, 7) is 1.95. The summed E-state index contributed by atoms with van der Waals surface area (Å²) < 4.78 is 4.90. The number of benzene rings is 2. The van der Waals surface area contributed by atoms with Crippen LogP contribution in [0.3, 0.4) is 0 Å². The van der Waals surface area contributed by atoms with E-state index in [2.05, 4.69) is 15.5 Å². The highest BCUT2D eigenvalue weighted by molar-refractivity contribution is 6.31. The summed E-state index contributed by atoms with van der Waals surface area (Å²) in [6, 6.07) is 17.5. The summed E-state index contributed by atoms with van der Waals surface area (Å²) in [5, 5.41) is 7.26. The number of hydrogen-bond acceptors (Lipinski definition) is 4. The van der Waals surface area contributed by atoms with Crippen molar-refractivity contribution in [2.24, 2.45) is 0 Å². The summed E-state index contributed by atoms with van der Waals surface area (Å²) in [6.07, 6.45) is 0.282. The van der Waals surface area contributed by atoms with E-state index in [9.17, 15) is 4.79 Å². The molecule has 0 saturated carbocycles. The van der Waals surface area contributed by atoms with E-state index in [-0.39, 0.29) is 24.8 Å². The van der Waals surface area contributed by atoms with Gasteiger partial charge in [0.1, 0.15) is 0 Å². The van der Waals surface area contributed by atoms with Crippen LogP contribution in [0.15, 0.2) is 59.1 Å². The van der Waals surface area contributed by atoms with Crippen molar-refractivity contribution in [2.45, 2.75) is 25.8 Å². The number of nitrogens with one attached hydrogen (secondary N) is 1. The zero-order valence-electron chi connectivity index (χ0n) is 13.8. The van der Waals surface area contributed by atoms with Crippen molar-refractivity contribution in [3.05, 3.63) is 82.5 Å². The number of halogens is 1. The van der Waals surface area contributed by atoms with Gasteiger partial charge in [-0.15, -0.1) is 0 Å². The van der Waals surface area contributed by atoms with Crippen molar-refractivity contribution in [3.8, 4) is 0 Å². The first-order valence-electron chi connectivity index (χ1n) is 7.98. The Kier molecular flexibility index (Phi) is 5.46. The Labute approximate surface area is 151 Å². The molecule has 0 radical (unpaired) electrons. The zero-order valence-corrected chi connectivity index (χ0v) is 14.5. The van der Waals surface area contributed by atoms with E-state index in [0.29, 0.717) is 16.7 Å². The van der Waals surface area contributed by atoms with E-state index < -0.39 is 0 Å². The lowest BCUT2D eigenvalue weighted by Gasteiger charge is -2.19. The first-order valence-corrected chi connectivity index (χ1v) is 8.36. The van der Waals surface area contributed by atoms with Gasteiger partial charge < -0.3 is 9.84 Å². The Bertz CT molecular complexity index is 849. The average molecular weight is 356 g/mol. The van der Waals surface area contributed by atoms with Crippen molar-refractivity contribution < 1.29 is 9.32 Å². The molecule has 1 atom stereocenters. The minimum absolute atomic E-state index is 0.101. The van der Waals surface area contributed by atoms with E-state index in [0.717, 1.165) is 11.1 Å². The predicted molar refractivity (Wildman–Crippen MR) is 95.2 cm³/mol. The summed E-state index contributed by atoms with van der Waals surface area (Å²) in [5.41, 5.74) is 1.97. The van der Waals surface area contributed by atoms with E-state index >= 15 is 0 Å². The van der Waals surface area contributed by atoms with Gasteiger partial charge in [-0.3, -0.25) is 4.79 Å². The van der Waals surface area contributed by atoms with Gasteiger partial charge >= 0.3 is 0 Å². The van der Waals surface area contributed by atoms with Crippen LogP contribution >= 0.6 is 11.6 Å². The largest absolute Gasteiger partial charge is 0.349 e. The lowest BCUT2D eigenvalue weighted by Crippen LogP contribution is -2.25. The molecule has 0 fully saturated rings. The quantitative estimate of drug-likeness (QED) is 0.728. The third kappa shape index (κ3) is 4.45. The van der Waals surface area contributed by atoms with Crippen LogP contribution in [0.5, 0.6) is 0 Å². The zero-order chi connectivity index (χ0) is 17.6. The molecule has 0 saturated heterocycles. The second-order valence-electron chi connectivity index (χ2n) is 5.70. The van der Waals surface area contributed by atoms with Gasteiger partial charge in [-0.25, -0.2) is 0 Å². The number of aromatic nitrogens is 2. The highest BCUT2D eigenvalue weighted by Crippen LogP contribution is 2.32. The van der Waals surface area contributed by atoms with Crippen LogP contribution in [-0.2, 0) is 11.3 Å². The summed E-state index contributed by atoms with van der Waals surface area (Å²) in [5.74, 6) is 0.709. The molecule has 1 amide bonds. The minimum Gasteiger partial charge on any atom is -0.349 e. The van der Waals surface area contributed by atoms with Gasteiger partial charge in [0.2, 0.25) is 11.8 Å². The van der Waals surface area contributed by atoms with Crippen LogP contribution in [0.25, 0.3) is 0 Å². The molecular weight excluding hydrogens is 338 g/mol. The second kappa shape index (κ2) is 7.94. The Morgan fingerprint density at radius 1 is 1.16 bits per heavy atom. The molecule has 0 bridgehead atoms. The predicted octanol–water partition coefficient (Wildman–Crippen LogP) is 3.87. The average Bonchev–Trinajstić information content (AvgIpc) is 3.05. The number of carbonyl (C=O) groups excluding carboxylic acids is 1. The van der Waals surface area contributed by atoms with E-state index in [4.69, 9.17) is 16.1 Å². The van der Waals surface area contributed by atoms with E-state index in [1.165, 1.54) is 0 Å². The lowest BCUT2D eigenvalue weighted by atomic mass is 9.88. The van der Waals surface area contributed by atoms with Crippen LogP contribution in [0.4, 0.5) is 0 Å². The first-order chi connectivity index (χ1) is 12.1. The van der Waals surface area contributed by atoms with Crippen molar-refractivity contribution in [2.75, 3.05) is 0 Å². The van der Waals surface area contributed by atoms with Crippen LogP contribution in [0.2, 0.25) is 5.02 Å². The fourth-order valence-electron chi connectivity index (χ4n) is 2.70. The number of hydrogen-bond donors (Lipinski definition) is 1. The number of rotatable bonds is 6. The van der Waals surface area contributed by atoms with Gasteiger partial charge in [-0.2, -0.15) is 4.98 Å². The maximum Gasteiger partial charge on any atom is 0.223 e. The molecule has 0 spiro atoms. The molecule has 1 aromatic heterocycles. The fraction of sp³-hybridized carbons (Fsp3) is 0.211. The van der Waals surface area contributed by atoms with Gasteiger partial charge in [-0.1, -0.05) is 65.3 Å². The molecule has 1 heterocycles. The highest BCUT2D eigenvalue weighted by atomic mass is 35.5. The van der Waals surface area contributed by atoms with Gasteiger partial charge in [0, 0.05) is 24.3 Å². The molecule has 0 aliphatic rings. The van der Waals surface area contributed by atoms with Crippen molar-refractivity contribution in [1.82, 2.24) is 15.5 Å². The van der Waals surface area contributed by atoms with E-state index in [1.807, 2.05) is 54.6 Å². The summed E-state index contributed by atoms with van der Waals surface area (Å²) in [7, 11) is 0. The first kappa shape index (κ1) is 17.2. The minimum atomic E-state index is -0.123. The molecule has 25 heavy (non-hydrogen) atoms. The van der Waals surface area contributed by atoms with Gasteiger partial charge in [-0.05, 0) is 17.2 Å². The number of carbonyl (C=O) groups is 1. The maximum absolute atomic E-state index is 12.5. The molecule has 5 nitrogen and oxygen atoms in total. The van der Waals surface area contributed by atoms with Gasteiger partial charge in [0.05, 0.1) is 6.54 Å². The Morgan fingerprint density at radius 2 is 1.88 bits per heavy atom. The van der Waals surface area contributed by atoms with Crippen LogP contribution in [-0.4, -0.2) is 16.0 Å². The molecule has 6 heteroatoms. The summed E-state index contributed by atoms with van der Waals surface area (Å²) in [4.78, 5) is 16.5. The Hall–Kier alpha value is -2.66. The second-order valence-corrected chi connectivity index (χ2v) is 6.10. The Balaban J connectivity index is 1.76. The molecular formula is C19H18ClN3O2. The molecule has 3 aromatic rings. The molecule has 1 N–H and O–H groups in total. The van der Waals surface area contributed by atoms with Crippen LogP contribution < -0.4 is 5.32 Å². The van der Waals surface area contributed by atoms with Crippen LogP contribution in [0.1, 0.15) is 35.2 Å². The third-order valence-corrected chi connectivity index (χ3v) is 4.23. The standard InChI is InChI=1S/C19H18ClN3O2/c1-13-22-18(23-25-13)12-21-19(24)11-16(14-7-3-2-4-8-14)15-9-5-6-10-17(15)20/h2-10,16H,11-12H2,1H3,(H,21,24)/t16-/m0/s1. The third-order valence-electron chi connectivity index (χ3n) is 3.89. The van der Waals surface area contributed by atoms with Crippen LogP contribution in [0, 0.1) is 6.92 Å². The van der Waals surface area contributed by atoms with Gasteiger partial charge in [0.25, 0.3) is 0 Å². The molecule has 128 valence electrons. The molecule has 2 aromatic carbocycles. The number of nitrogens with zero attached hydrogens (tertiary/aromatic N) is 2. The highest BCUT2D eigenvalue weighted by Gasteiger charge is 2.20. The van der Waals surface area contributed by atoms with Crippen molar-refractivity contribution in [3.63, 3.8) is 0 Å². The molecule has 0 unspecified atom stereocenters. The SMILES string of the molecule is Cc1nc(CNC(=O)C[C@@H](c2ccccc2)c2ccccc2Cl)no1. The molecule has 3 rings (SSSR count). The molecule has 0 aliphatic heterocycles. The normalized spacial score (nSPS) is 11.9. The van der Waals surface area contributed by atoms with Gasteiger partial charge in [0.15, 0.2) is 5.82 Å². The molecule has 0 aliphatic carbocycles. The van der Waals surface area contributed by atoms with Crippen molar-refractivity contribution >= 4 is 17.5 Å². The number of amides is 1. The smallest absolute Gasteiger partial charge is 0.223 e. The maximum atomic E-state index is 12.5. The topological polar surface area (TPSA) is 68.0 Å². The fourth-order valence-corrected chi connectivity index (χ4v) is 2.97. The van der Waals surface area contributed by atoms with E-state index in [1.54, 1.807) is 6.92 Å².